The summed E-state index contributed by atoms with van der Waals surface area (Å²) < 4.78 is 11.6. The summed E-state index contributed by atoms with van der Waals surface area (Å²) >= 11 is 0. The van der Waals surface area contributed by atoms with Crippen molar-refractivity contribution in [2.75, 3.05) is 7.11 Å². The van der Waals surface area contributed by atoms with E-state index in [0.29, 0.717) is 12.5 Å². The lowest BCUT2D eigenvalue weighted by Gasteiger charge is -2.21. The molecule has 0 unspecified atom stereocenters. The standard InChI is InChI=1S/C18H25NO3/c1-3-15-14(11-18(20)19-15)12-8-9-16(21-2)17(10-12)22-13-6-4-5-7-13/h8-10,13-15H,3-7,11H2,1-2H3,(H,19,20)/t14-,15-/m0/s1. The lowest BCUT2D eigenvalue weighted by molar-refractivity contribution is -0.119. The third-order valence-corrected chi connectivity index (χ3v) is 4.89. The van der Waals surface area contributed by atoms with E-state index in [2.05, 4.69) is 24.4 Å². The Morgan fingerprint density at radius 1 is 1.23 bits per heavy atom. The number of amides is 1. The van der Waals surface area contributed by atoms with Gasteiger partial charge in [-0.1, -0.05) is 13.0 Å². The van der Waals surface area contributed by atoms with Gasteiger partial charge in [-0.05, 0) is 49.8 Å². The second-order valence-corrected chi connectivity index (χ2v) is 6.33. The SMILES string of the molecule is CC[C@@H]1NC(=O)C[C@H]1c1ccc(OC)c(OC2CCCC2)c1. The summed E-state index contributed by atoms with van der Waals surface area (Å²) in [7, 11) is 1.67. The highest BCUT2D eigenvalue weighted by atomic mass is 16.5. The normalized spacial score (nSPS) is 25.3. The maximum atomic E-state index is 11.7. The van der Waals surface area contributed by atoms with E-state index in [1.807, 2.05) is 6.07 Å². The number of benzene rings is 1. The molecule has 1 heterocycles. The molecular formula is C18H25NO3. The third-order valence-electron chi connectivity index (χ3n) is 4.89. The van der Waals surface area contributed by atoms with E-state index in [9.17, 15) is 4.79 Å². The highest BCUT2D eigenvalue weighted by Gasteiger charge is 2.32. The van der Waals surface area contributed by atoms with Gasteiger partial charge in [0.1, 0.15) is 0 Å². The summed E-state index contributed by atoms with van der Waals surface area (Å²) in [5.41, 5.74) is 1.17. The molecule has 4 heteroatoms. The van der Waals surface area contributed by atoms with Crippen LogP contribution >= 0.6 is 0 Å². The maximum Gasteiger partial charge on any atom is 0.220 e. The Morgan fingerprint density at radius 3 is 2.68 bits per heavy atom. The van der Waals surface area contributed by atoms with E-state index in [4.69, 9.17) is 9.47 Å². The number of ether oxygens (including phenoxy) is 2. The van der Waals surface area contributed by atoms with E-state index >= 15 is 0 Å². The Labute approximate surface area is 132 Å². The second kappa shape index (κ2) is 6.59. The molecule has 2 aliphatic rings. The number of carbonyl (C=O) groups is 1. The van der Waals surface area contributed by atoms with Gasteiger partial charge in [-0.15, -0.1) is 0 Å². The molecule has 1 aromatic carbocycles. The molecule has 3 rings (SSSR count). The number of hydrogen-bond donors (Lipinski definition) is 1. The number of carbonyl (C=O) groups excluding carboxylic acids is 1. The zero-order valence-electron chi connectivity index (χ0n) is 13.4. The number of hydrogen-bond acceptors (Lipinski definition) is 3. The molecule has 0 aromatic heterocycles. The summed E-state index contributed by atoms with van der Waals surface area (Å²) in [6.45, 7) is 2.11. The molecule has 1 N–H and O–H groups in total. The summed E-state index contributed by atoms with van der Waals surface area (Å²) in [6.07, 6.45) is 6.53. The fourth-order valence-corrected chi connectivity index (χ4v) is 3.65. The van der Waals surface area contributed by atoms with Crippen LogP contribution in [0.4, 0.5) is 0 Å². The van der Waals surface area contributed by atoms with Gasteiger partial charge in [-0.3, -0.25) is 4.79 Å². The first-order valence-corrected chi connectivity index (χ1v) is 8.35. The Hall–Kier alpha value is -1.71. The van der Waals surface area contributed by atoms with Crippen LogP contribution in [0, 0.1) is 0 Å². The molecule has 2 fully saturated rings. The van der Waals surface area contributed by atoms with Crippen LogP contribution in [0.3, 0.4) is 0 Å². The average Bonchev–Trinajstić information content (AvgIpc) is 3.16. The largest absolute Gasteiger partial charge is 0.493 e. The molecule has 1 aliphatic heterocycles. The van der Waals surface area contributed by atoms with Gasteiger partial charge in [-0.2, -0.15) is 0 Å². The van der Waals surface area contributed by atoms with E-state index in [1.165, 1.54) is 18.4 Å². The van der Waals surface area contributed by atoms with Gasteiger partial charge >= 0.3 is 0 Å². The smallest absolute Gasteiger partial charge is 0.220 e. The van der Waals surface area contributed by atoms with Crippen molar-refractivity contribution in [1.82, 2.24) is 5.32 Å². The molecule has 0 spiro atoms. The van der Waals surface area contributed by atoms with Crippen molar-refractivity contribution in [3.05, 3.63) is 23.8 Å². The summed E-state index contributed by atoms with van der Waals surface area (Å²) in [5, 5.41) is 3.06. The van der Waals surface area contributed by atoms with Crippen LogP contribution in [0.5, 0.6) is 11.5 Å². The van der Waals surface area contributed by atoms with Crippen molar-refractivity contribution >= 4 is 5.91 Å². The summed E-state index contributed by atoms with van der Waals surface area (Å²) in [4.78, 5) is 11.7. The van der Waals surface area contributed by atoms with E-state index < -0.39 is 0 Å². The lowest BCUT2D eigenvalue weighted by atomic mass is 9.90. The number of nitrogens with one attached hydrogen (secondary N) is 1. The van der Waals surface area contributed by atoms with Gasteiger partial charge in [0.15, 0.2) is 11.5 Å². The first-order chi connectivity index (χ1) is 10.7. The molecule has 1 saturated heterocycles. The summed E-state index contributed by atoms with van der Waals surface area (Å²) in [6, 6.07) is 6.33. The van der Waals surface area contributed by atoms with Gasteiger partial charge in [-0.25, -0.2) is 0 Å². The molecule has 120 valence electrons. The van der Waals surface area contributed by atoms with Crippen LogP contribution < -0.4 is 14.8 Å². The van der Waals surface area contributed by atoms with Crippen molar-refractivity contribution in [2.45, 2.75) is 63.5 Å². The average molecular weight is 303 g/mol. The third kappa shape index (κ3) is 3.06. The number of rotatable bonds is 5. The van der Waals surface area contributed by atoms with Gasteiger partial charge in [0.05, 0.1) is 13.2 Å². The fourth-order valence-electron chi connectivity index (χ4n) is 3.65. The predicted molar refractivity (Wildman–Crippen MR) is 85.5 cm³/mol. The van der Waals surface area contributed by atoms with Crippen molar-refractivity contribution in [3.8, 4) is 11.5 Å². The molecule has 1 aromatic rings. The number of methoxy groups -OCH3 is 1. The van der Waals surface area contributed by atoms with Crippen LogP contribution in [0.2, 0.25) is 0 Å². The van der Waals surface area contributed by atoms with Crippen molar-refractivity contribution < 1.29 is 14.3 Å². The molecule has 0 bridgehead atoms. The first kappa shape index (κ1) is 15.2. The van der Waals surface area contributed by atoms with Crippen LogP contribution in [0.1, 0.15) is 56.9 Å². The Balaban J connectivity index is 1.84. The van der Waals surface area contributed by atoms with Crippen molar-refractivity contribution in [1.29, 1.82) is 0 Å². The minimum absolute atomic E-state index is 0.144. The van der Waals surface area contributed by atoms with Crippen LogP contribution in [0.25, 0.3) is 0 Å². The fraction of sp³-hybridized carbons (Fsp3) is 0.611. The second-order valence-electron chi connectivity index (χ2n) is 6.33. The summed E-state index contributed by atoms with van der Waals surface area (Å²) in [5.74, 6) is 1.97. The van der Waals surface area contributed by atoms with E-state index in [0.717, 1.165) is 30.8 Å². The highest BCUT2D eigenvalue weighted by Crippen LogP contribution is 2.37. The lowest BCUT2D eigenvalue weighted by Crippen LogP contribution is -2.27. The van der Waals surface area contributed by atoms with Crippen LogP contribution in [-0.2, 0) is 4.79 Å². The predicted octanol–water partition coefficient (Wildman–Crippen LogP) is 3.40. The first-order valence-electron chi connectivity index (χ1n) is 8.35. The topological polar surface area (TPSA) is 47.6 Å². The van der Waals surface area contributed by atoms with Crippen molar-refractivity contribution in [3.63, 3.8) is 0 Å². The Bertz CT molecular complexity index is 537. The van der Waals surface area contributed by atoms with Gasteiger partial charge in [0, 0.05) is 18.4 Å². The molecule has 2 atom stereocenters. The van der Waals surface area contributed by atoms with Crippen LogP contribution in [0.15, 0.2) is 18.2 Å². The van der Waals surface area contributed by atoms with E-state index in [-0.39, 0.29) is 17.9 Å². The van der Waals surface area contributed by atoms with Crippen molar-refractivity contribution in [2.24, 2.45) is 0 Å². The monoisotopic (exact) mass is 303 g/mol. The van der Waals surface area contributed by atoms with Gasteiger partial charge in [0.2, 0.25) is 5.91 Å². The Kier molecular flexibility index (Phi) is 4.55. The molecule has 0 radical (unpaired) electrons. The van der Waals surface area contributed by atoms with E-state index in [1.54, 1.807) is 7.11 Å². The molecule has 1 aliphatic carbocycles. The minimum Gasteiger partial charge on any atom is -0.493 e. The van der Waals surface area contributed by atoms with Gasteiger partial charge in [0.25, 0.3) is 0 Å². The molecule has 1 saturated carbocycles. The molecule has 4 nitrogen and oxygen atoms in total. The quantitative estimate of drug-likeness (QED) is 0.907. The molecular weight excluding hydrogens is 278 g/mol. The van der Waals surface area contributed by atoms with Crippen LogP contribution in [-0.4, -0.2) is 25.2 Å². The maximum absolute atomic E-state index is 11.7. The Morgan fingerprint density at radius 2 is 2.00 bits per heavy atom. The zero-order chi connectivity index (χ0) is 15.5. The zero-order valence-corrected chi connectivity index (χ0v) is 13.4. The highest BCUT2D eigenvalue weighted by molar-refractivity contribution is 5.80. The minimum atomic E-state index is 0.144. The molecule has 22 heavy (non-hydrogen) atoms. The molecule has 1 amide bonds. The van der Waals surface area contributed by atoms with Gasteiger partial charge < -0.3 is 14.8 Å².